The zero-order valence-corrected chi connectivity index (χ0v) is 21.8. The van der Waals surface area contributed by atoms with Crippen molar-refractivity contribution in [2.45, 2.75) is 38.1 Å². The van der Waals surface area contributed by atoms with Gasteiger partial charge >= 0.3 is 6.03 Å². The highest BCUT2D eigenvalue weighted by atomic mass is 35.5. The second kappa shape index (κ2) is 9.13. The Balaban J connectivity index is 1.21. The quantitative estimate of drug-likeness (QED) is 0.334. The molecule has 1 aliphatic heterocycles. The second-order valence-corrected chi connectivity index (χ2v) is 10.7. The van der Waals surface area contributed by atoms with Gasteiger partial charge in [-0.15, -0.1) is 5.10 Å². The Bertz CT molecular complexity index is 1780. The summed E-state index contributed by atoms with van der Waals surface area (Å²) in [6.07, 6.45) is 7.26. The number of fused-ring (bicyclic) bond motifs is 3. The number of carbonyl (C=O) groups is 2. The third kappa shape index (κ3) is 3.84. The summed E-state index contributed by atoms with van der Waals surface area (Å²) in [5.41, 5.74) is 5.16. The Morgan fingerprint density at radius 2 is 1.92 bits per heavy atom. The Morgan fingerprint density at radius 3 is 2.82 bits per heavy atom. The first kappa shape index (κ1) is 23.7. The lowest BCUT2D eigenvalue weighted by molar-refractivity contribution is -0.124. The van der Waals surface area contributed by atoms with Gasteiger partial charge in [-0.25, -0.2) is 9.69 Å². The van der Waals surface area contributed by atoms with Crippen molar-refractivity contribution >= 4 is 45.6 Å². The number of benzene rings is 2. The van der Waals surface area contributed by atoms with E-state index in [-0.39, 0.29) is 23.8 Å². The first-order valence-corrected chi connectivity index (χ1v) is 13.3. The molecule has 194 valence electrons. The normalized spacial score (nSPS) is 21.3. The minimum atomic E-state index is -0.417. The molecule has 2 aromatic carbocycles. The van der Waals surface area contributed by atoms with E-state index in [4.69, 9.17) is 11.6 Å². The number of aryl methyl sites for hydroxylation is 1. The van der Waals surface area contributed by atoms with Crippen LogP contribution >= 0.6 is 11.6 Å². The minimum Gasteiger partial charge on any atom is -0.334 e. The molecule has 9 nitrogen and oxygen atoms in total. The van der Waals surface area contributed by atoms with Crippen molar-refractivity contribution in [2.75, 3.05) is 4.90 Å². The van der Waals surface area contributed by atoms with E-state index in [9.17, 15) is 9.59 Å². The van der Waals surface area contributed by atoms with Gasteiger partial charge in [0.2, 0.25) is 5.91 Å². The largest absolute Gasteiger partial charge is 0.334 e. The Morgan fingerprint density at radius 1 is 1.05 bits per heavy atom. The van der Waals surface area contributed by atoms with E-state index in [1.54, 1.807) is 16.9 Å². The van der Waals surface area contributed by atoms with Gasteiger partial charge in [0.1, 0.15) is 0 Å². The molecule has 4 heterocycles. The molecule has 3 aromatic heterocycles. The van der Waals surface area contributed by atoms with Crippen LogP contribution in [0.3, 0.4) is 0 Å². The highest BCUT2D eigenvalue weighted by Gasteiger charge is 2.46. The number of hydrogen-bond donors (Lipinski definition) is 1. The average Bonchev–Trinajstić information content (AvgIpc) is 3.42. The van der Waals surface area contributed by atoms with Crippen molar-refractivity contribution in [3.8, 4) is 11.1 Å². The smallest absolute Gasteiger partial charge is 0.329 e. The van der Waals surface area contributed by atoms with Crippen molar-refractivity contribution in [3.63, 3.8) is 0 Å². The molecule has 1 aliphatic carbocycles. The number of halogens is 1. The van der Waals surface area contributed by atoms with E-state index in [0.717, 1.165) is 39.4 Å². The van der Waals surface area contributed by atoms with Gasteiger partial charge in [-0.05, 0) is 71.4 Å². The van der Waals surface area contributed by atoms with E-state index in [1.807, 2.05) is 49.5 Å². The summed E-state index contributed by atoms with van der Waals surface area (Å²) >= 11 is 6.82. The number of nitrogens with zero attached hydrogens (tertiary/aromatic N) is 6. The minimum absolute atomic E-state index is 0.0682. The lowest BCUT2D eigenvalue weighted by Gasteiger charge is -2.43. The van der Waals surface area contributed by atoms with Crippen LogP contribution < -0.4 is 10.2 Å². The fourth-order valence-corrected chi connectivity index (χ4v) is 6.57. The van der Waals surface area contributed by atoms with Gasteiger partial charge in [0.05, 0.1) is 17.8 Å². The predicted molar refractivity (Wildman–Crippen MR) is 148 cm³/mol. The van der Waals surface area contributed by atoms with Gasteiger partial charge in [0.25, 0.3) is 0 Å². The number of hydrogen-bond acceptors (Lipinski definition) is 6. The molecule has 1 saturated heterocycles. The van der Waals surface area contributed by atoms with Crippen LogP contribution in [0.15, 0.2) is 67.1 Å². The number of carbonyl (C=O) groups excluding carboxylic acids is 2. The molecule has 0 radical (unpaired) electrons. The molecule has 3 atom stereocenters. The number of aromatic nitrogens is 5. The predicted octanol–water partition coefficient (Wildman–Crippen LogP) is 5.31. The average molecular weight is 538 g/mol. The summed E-state index contributed by atoms with van der Waals surface area (Å²) in [6.45, 7) is 1.98. The fraction of sp³-hybridized carbons (Fsp3) is 0.241. The Kier molecular flexibility index (Phi) is 5.55. The molecule has 2 aliphatic rings. The molecule has 2 fully saturated rings. The summed E-state index contributed by atoms with van der Waals surface area (Å²) in [5, 5.41) is 17.5. The summed E-state index contributed by atoms with van der Waals surface area (Å²) in [4.78, 5) is 32.6. The number of pyridine rings is 2. The van der Waals surface area contributed by atoms with Crippen LogP contribution in [-0.2, 0) is 4.79 Å². The maximum atomic E-state index is 13.7. The third-order valence-corrected chi connectivity index (χ3v) is 8.37. The van der Waals surface area contributed by atoms with Crippen LogP contribution in [0.4, 0.5) is 10.5 Å². The van der Waals surface area contributed by atoms with Crippen LogP contribution in [0.5, 0.6) is 0 Å². The molecule has 3 unspecified atom stereocenters. The van der Waals surface area contributed by atoms with Crippen LogP contribution in [0.1, 0.15) is 36.3 Å². The highest BCUT2D eigenvalue weighted by Crippen LogP contribution is 2.45. The number of urea groups is 1. The molecule has 1 saturated carbocycles. The molecule has 1 N–H and O–H groups in total. The standard InChI is InChI=1S/C29H24ClN7O2/c1-16-11-19(15-36-27(16)33-34-35-36)21-7-4-8-23(30)26(21)17-9-10-22-24(12-17)32-29(39)37(28(22)38)25-14-31-13-18-5-2-3-6-20(18)25/h2-8,11,13-15,17,22,24H,9-10,12H2,1H3,(H,32,39). The summed E-state index contributed by atoms with van der Waals surface area (Å²) < 4.78 is 1.67. The molecule has 10 heteroatoms. The molecule has 3 amide bonds. The molecular formula is C29H24ClN7O2. The van der Waals surface area contributed by atoms with Gasteiger partial charge in [0, 0.05) is 39.8 Å². The number of tetrazole rings is 1. The van der Waals surface area contributed by atoms with E-state index < -0.39 is 6.03 Å². The number of nitrogens with one attached hydrogen (secondary N) is 1. The lowest BCUT2D eigenvalue weighted by atomic mass is 9.72. The maximum absolute atomic E-state index is 13.7. The van der Waals surface area contributed by atoms with Gasteiger partial charge in [0.15, 0.2) is 5.65 Å². The molecule has 5 aromatic rings. The van der Waals surface area contributed by atoms with E-state index >= 15 is 0 Å². The maximum Gasteiger partial charge on any atom is 0.329 e. The molecule has 0 spiro atoms. The van der Waals surface area contributed by atoms with Gasteiger partial charge in [-0.3, -0.25) is 9.78 Å². The first-order valence-electron chi connectivity index (χ1n) is 12.9. The zero-order chi connectivity index (χ0) is 26.7. The van der Waals surface area contributed by atoms with Crippen LogP contribution in [0.2, 0.25) is 5.02 Å². The summed E-state index contributed by atoms with van der Waals surface area (Å²) in [6, 6.07) is 14.9. The van der Waals surface area contributed by atoms with E-state index in [0.29, 0.717) is 29.2 Å². The van der Waals surface area contributed by atoms with E-state index in [1.165, 1.54) is 4.90 Å². The third-order valence-electron chi connectivity index (χ3n) is 8.04. The van der Waals surface area contributed by atoms with Crippen molar-refractivity contribution in [1.29, 1.82) is 0 Å². The summed E-state index contributed by atoms with van der Waals surface area (Å²) in [5.74, 6) is -0.429. The number of rotatable bonds is 3. The number of anilines is 1. The highest BCUT2D eigenvalue weighted by molar-refractivity contribution is 6.32. The van der Waals surface area contributed by atoms with Crippen molar-refractivity contribution in [1.82, 2.24) is 30.3 Å². The number of imide groups is 1. The van der Waals surface area contributed by atoms with Crippen molar-refractivity contribution in [3.05, 3.63) is 83.3 Å². The van der Waals surface area contributed by atoms with Gasteiger partial charge in [-0.2, -0.15) is 4.52 Å². The zero-order valence-electron chi connectivity index (χ0n) is 21.1. The van der Waals surface area contributed by atoms with Crippen LogP contribution in [-0.4, -0.2) is 43.0 Å². The SMILES string of the molecule is Cc1cc(-c2cccc(Cl)c2C2CCC3C(=O)N(c4cncc5ccccc45)C(=O)NC3C2)cn2nnnc12. The van der Waals surface area contributed by atoms with Crippen LogP contribution in [0.25, 0.3) is 27.5 Å². The molecular weight excluding hydrogens is 514 g/mol. The topological polar surface area (TPSA) is 105 Å². The van der Waals surface area contributed by atoms with Gasteiger partial charge < -0.3 is 5.32 Å². The van der Waals surface area contributed by atoms with Crippen molar-refractivity contribution in [2.24, 2.45) is 5.92 Å². The lowest BCUT2D eigenvalue weighted by Crippen LogP contribution is -2.61. The molecule has 39 heavy (non-hydrogen) atoms. The van der Waals surface area contributed by atoms with Crippen LogP contribution in [0, 0.1) is 12.8 Å². The Hall–Kier alpha value is -4.37. The van der Waals surface area contributed by atoms with E-state index in [2.05, 4.69) is 38.0 Å². The number of amides is 3. The fourth-order valence-electron chi connectivity index (χ4n) is 6.24. The first-order chi connectivity index (χ1) is 19.0. The summed E-state index contributed by atoms with van der Waals surface area (Å²) in [7, 11) is 0. The monoisotopic (exact) mass is 537 g/mol. The molecule has 0 bridgehead atoms. The Labute approximate surface area is 228 Å². The second-order valence-electron chi connectivity index (χ2n) is 10.3. The molecule has 7 rings (SSSR count). The van der Waals surface area contributed by atoms with Crippen molar-refractivity contribution < 1.29 is 9.59 Å². The van der Waals surface area contributed by atoms with Gasteiger partial charge in [-0.1, -0.05) is 48.0 Å².